The molecule has 5 heteroatoms. The standard InChI is InChI=1S/C14H22N2O3/c1-2-19-13-6-4-11(10-12(13)15)5-7-14(18)16-8-3-9-17/h4,6,10,17H,2-3,5,7-9,15H2,1H3,(H,16,18). The molecule has 0 spiro atoms. The lowest BCUT2D eigenvalue weighted by Gasteiger charge is -2.09. The predicted octanol–water partition coefficient (Wildman–Crippen LogP) is 1.10. The topological polar surface area (TPSA) is 84.6 Å². The SMILES string of the molecule is CCOc1ccc(CCC(=O)NCCCO)cc1N. The number of nitrogens with two attached hydrogens (primary N) is 1. The van der Waals surface area contributed by atoms with E-state index in [4.69, 9.17) is 15.6 Å². The Morgan fingerprint density at radius 2 is 2.26 bits per heavy atom. The smallest absolute Gasteiger partial charge is 0.220 e. The number of aliphatic hydroxyl groups excluding tert-OH is 1. The van der Waals surface area contributed by atoms with E-state index in [2.05, 4.69) is 5.32 Å². The molecule has 0 heterocycles. The number of amides is 1. The summed E-state index contributed by atoms with van der Waals surface area (Å²) in [5.41, 5.74) is 7.47. The lowest BCUT2D eigenvalue weighted by atomic mass is 10.1. The van der Waals surface area contributed by atoms with E-state index in [1.54, 1.807) is 0 Å². The number of aryl methyl sites for hydroxylation is 1. The first kappa shape index (κ1) is 15.3. The van der Waals surface area contributed by atoms with Gasteiger partial charge in [-0.25, -0.2) is 0 Å². The minimum absolute atomic E-state index is 0.0130. The average molecular weight is 266 g/mol. The van der Waals surface area contributed by atoms with Crippen LogP contribution in [0.25, 0.3) is 0 Å². The first-order valence-electron chi connectivity index (χ1n) is 6.56. The van der Waals surface area contributed by atoms with Gasteiger partial charge in [-0.1, -0.05) is 6.07 Å². The second-order valence-electron chi connectivity index (χ2n) is 4.23. The molecule has 1 amide bonds. The molecule has 0 atom stereocenters. The molecule has 0 bridgehead atoms. The molecule has 0 aromatic heterocycles. The summed E-state index contributed by atoms with van der Waals surface area (Å²) in [5.74, 6) is 0.666. The number of hydrogen-bond donors (Lipinski definition) is 3. The van der Waals surface area contributed by atoms with Crippen LogP contribution >= 0.6 is 0 Å². The van der Waals surface area contributed by atoms with Gasteiger partial charge in [0.1, 0.15) is 5.75 Å². The number of anilines is 1. The van der Waals surface area contributed by atoms with E-state index < -0.39 is 0 Å². The Morgan fingerprint density at radius 1 is 1.47 bits per heavy atom. The normalized spacial score (nSPS) is 10.2. The fourth-order valence-corrected chi connectivity index (χ4v) is 1.69. The first-order valence-corrected chi connectivity index (χ1v) is 6.56. The molecule has 1 aromatic carbocycles. The third-order valence-corrected chi connectivity index (χ3v) is 2.67. The van der Waals surface area contributed by atoms with Crippen LogP contribution in [0.5, 0.6) is 5.75 Å². The van der Waals surface area contributed by atoms with E-state index in [0.29, 0.717) is 43.9 Å². The molecular formula is C14H22N2O3. The number of nitrogen functional groups attached to an aromatic ring is 1. The predicted molar refractivity (Wildman–Crippen MR) is 75.1 cm³/mol. The van der Waals surface area contributed by atoms with Gasteiger partial charge in [0.2, 0.25) is 5.91 Å². The molecule has 0 saturated heterocycles. The van der Waals surface area contributed by atoms with Crippen LogP contribution in [0.2, 0.25) is 0 Å². The van der Waals surface area contributed by atoms with Crippen LogP contribution in [0.15, 0.2) is 18.2 Å². The van der Waals surface area contributed by atoms with Crippen molar-refractivity contribution in [2.45, 2.75) is 26.2 Å². The largest absolute Gasteiger partial charge is 0.492 e. The van der Waals surface area contributed by atoms with Gasteiger partial charge in [-0.15, -0.1) is 0 Å². The van der Waals surface area contributed by atoms with Gasteiger partial charge in [0, 0.05) is 19.6 Å². The highest BCUT2D eigenvalue weighted by molar-refractivity contribution is 5.76. The summed E-state index contributed by atoms with van der Waals surface area (Å²) in [4.78, 5) is 11.5. The molecule has 19 heavy (non-hydrogen) atoms. The molecule has 0 aliphatic heterocycles. The fraction of sp³-hybridized carbons (Fsp3) is 0.500. The zero-order valence-electron chi connectivity index (χ0n) is 11.3. The molecule has 0 saturated carbocycles. The molecular weight excluding hydrogens is 244 g/mol. The summed E-state index contributed by atoms with van der Waals surface area (Å²) in [7, 11) is 0. The zero-order valence-corrected chi connectivity index (χ0v) is 11.3. The van der Waals surface area contributed by atoms with Crippen molar-refractivity contribution >= 4 is 11.6 Å². The van der Waals surface area contributed by atoms with Gasteiger partial charge in [0.15, 0.2) is 0 Å². The Morgan fingerprint density at radius 3 is 2.89 bits per heavy atom. The maximum Gasteiger partial charge on any atom is 0.220 e. The van der Waals surface area contributed by atoms with Crippen LogP contribution in [-0.4, -0.2) is 30.8 Å². The number of carbonyl (C=O) groups is 1. The molecule has 1 rings (SSSR count). The molecule has 5 nitrogen and oxygen atoms in total. The molecule has 0 aliphatic rings. The van der Waals surface area contributed by atoms with Crippen molar-refractivity contribution in [3.05, 3.63) is 23.8 Å². The van der Waals surface area contributed by atoms with Gasteiger partial charge in [0.05, 0.1) is 12.3 Å². The van der Waals surface area contributed by atoms with Gasteiger partial charge < -0.3 is 20.9 Å². The van der Waals surface area contributed by atoms with Crippen LogP contribution in [0, 0.1) is 0 Å². The van der Waals surface area contributed by atoms with Crippen LogP contribution in [0.1, 0.15) is 25.3 Å². The lowest BCUT2D eigenvalue weighted by molar-refractivity contribution is -0.121. The second kappa shape index (κ2) is 8.37. The van der Waals surface area contributed by atoms with Gasteiger partial charge in [-0.05, 0) is 37.5 Å². The van der Waals surface area contributed by atoms with E-state index >= 15 is 0 Å². The fourth-order valence-electron chi connectivity index (χ4n) is 1.69. The third-order valence-electron chi connectivity index (χ3n) is 2.67. The molecule has 106 valence electrons. The van der Waals surface area contributed by atoms with Crippen molar-refractivity contribution < 1.29 is 14.6 Å². The molecule has 0 fully saturated rings. The van der Waals surface area contributed by atoms with Gasteiger partial charge >= 0.3 is 0 Å². The third kappa shape index (κ3) is 5.61. The minimum Gasteiger partial charge on any atom is -0.492 e. The van der Waals surface area contributed by atoms with Crippen molar-refractivity contribution in [2.24, 2.45) is 0 Å². The highest BCUT2D eigenvalue weighted by atomic mass is 16.5. The van der Waals surface area contributed by atoms with Crippen molar-refractivity contribution in [3.63, 3.8) is 0 Å². The average Bonchev–Trinajstić information content (AvgIpc) is 2.40. The van der Waals surface area contributed by atoms with Crippen molar-refractivity contribution in [1.82, 2.24) is 5.32 Å². The number of carbonyl (C=O) groups excluding carboxylic acids is 1. The molecule has 4 N–H and O–H groups in total. The highest BCUT2D eigenvalue weighted by Crippen LogP contribution is 2.23. The summed E-state index contributed by atoms with van der Waals surface area (Å²) in [6.07, 6.45) is 1.64. The Kier molecular flexibility index (Phi) is 6.74. The number of nitrogens with one attached hydrogen (secondary N) is 1. The summed E-state index contributed by atoms with van der Waals surface area (Å²) >= 11 is 0. The van der Waals surface area contributed by atoms with Crippen molar-refractivity contribution in [2.75, 3.05) is 25.5 Å². The van der Waals surface area contributed by atoms with E-state index in [1.807, 2.05) is 25.1 Å². The Hall–Kier alpha value is -1.75. The molecule has 1 aromatic rings. The number of ether oxygens (including phenoxy) is 1. The van der Waals surface area contributed by atoms with Gasteiger partial charge in [-0.3, -0.25) is 4.79 Å². The first-order chi connectivity index (χ1) is 9.17. The zero-order chi connectivity index (χ0) is 14.1. The quantitative estimate of drug-likeness (QED) is 0.486. The number of benzene rings is 1. The van der Waals surface area contributed by atoms with Crippen LogP contribution in [0.4, 0.5) is 5.69 Å². The van der Waals surface area contributed by atoms with E-state index in [1.165, 1.54) is 0 Å². The van der Waals surface area contributed by atoms with Crippen LogP contribution in [-0.2, 0) is 11.2 Å². The Labute approximate surface area is 113 Å². The molecule has 0 unspecified atom stereocenters. The summed E-state index contributed by atoms with van der Waals surface area (Å²) in [6, 6.07) is 5.59. The molecule has 0 radical (unpaired) electrons. The minimum atomic E-state index is -0.0130. The number of hydrogen-bond acceptors (Lipinski definition) is 4. The summed E-state index contributed by atoms with van der Waals surface area (Å²) in [6.45, 7) is 3.09. The molecule has 0 aliphatic carbocycles. The van der Waals surface area contributed by atoms with Crippen molar-refractivity contribution in [1.29, 1.82) is 0 Å². The number of aliphatic hydroxyl groups is 1. The van der Waals surface area contributed by atoms with Crippen LogP contribution in [0.3, 0.4) is 0 Å². The maximum atomic E-state index is 11.5. The highest BCUT2D eigenvalue weighted by Gasteiger charge is 2.04. The maximum absolute atomic E-state index is 11.5. The van der Waals surface area contributed by atoms with E-state index in [-0.39, 0.29) is 12.5 Å². The van der Waals surface area contributed by atoms with E-state index in [9.17, 15) is 4.79 Å². The second-order valence-corrected chi connectivity index (χ2v) is 4.23. The van der Waals surface area contributed by atoms with Gasteiger partial charge in [0.25, 0.3) is 0 Å². The van der Waals surface area contributed by atoms with Crippen LogP contribution < -0.4 is 15.8 Å². The van der Waals surface area contributed by atoms with E-state index in [0.717, 1.165) is 5.56 Å². The van der Waals surface area contributed by atoms with Crippen molar-refractivity contribution in [3.8, 4) is 5.75 Å². The monoisotopic (exact) mass is 266 g/mol. The summed E-state index contributed by atoms with van der Waals surface area (Å²) in [5, 5.41) is 11.4. The Balaban J connectivity index is 2.41. The summed E-state index contributed by atoms with van der Waals surface area (Å²) < 4.78 is 5.35. The number of rotatable bonds is 8. The van der Waals surface area contributed by atoms with Gasteiger partial charge in [-0.2, -0.15) is 0 Å². The Bertz CT molecular complexity index is 408. The lowest BCUT2D eigenvalue weighted by Crippen LogP contribution is -2.25.